The Balaban J connectivity index is 2.33. The molecule has 0 radical (unpaired) electrons. The quantitative estimate of drug-likeness (QED) is 0.831. The molecule has 0 saturated carbocycles. The van der Waals surface area contributed by atoms with Crippen LogP contribution < -0.4 is 5.32 Å². The Morgan fingerprint density at radius 3 is 2.50 bits per heavy atom. The molecule has 1 aliphatic heterocycles. The number of nitrogens with one attached hydrogen (secondary N) is 1. The summed E-state index contributed by atoms with van der Waals surface area (Å²) in [5, 5.41) is 4.61. The van der Waals surface area contributed by atoms with Crippen molar-refractivity contribution < 1.29 is 4.79 Å². The Hall–Kier alpha value is -0.440. The molecule has 0 aromatic heterocycles. The highest BCUT2D eigenvalue weighted by Gasteiger charge is 2.37. The zero-order valence-corrected chi connectivity index (χ0v) is 12.3. The Bertz CT molecular complexity index is 489. The zero-order chi connectivity index (χ0) is 13.3. The normalized spacial score (nSPS) is 23.2. The largest absolute Gasteiger partial charge is 0.350 e. The molecule has 1 aliphatic rings. The van der Waals surface area contributed by atoms with Crippen LogP contribution in [-0.2, 0) is 11.2 Å². The monoisotopic (exact) mass is 305 g/mol. The number of hydrogen-bond acceptors (Lipinski definition) is 1. The summed E-state index contributed by atoms with van der Waals surface area (Å²) in [4.78, 5) is 11.4. The highest BCUT2D eigenvalue weighted by Crippen LogP contribution is 2.37. The minimum atomic E-state index is -0.241. The van der Waals surface area contributed by atoms with E-state index < -0.39 is 0 Å². The molecular weight excluding hydrogens is 293 g/mol. The van der Waals surface area contributed by atoms with Crippen LogP contribution in [0.5, 0.6) is 0 Å². The van der Waals surface area contributed by atoms with E-state index >= 15 is 0 Å². The van der Waals surface area contributed by atoms with Crippen molar-refractivity contribution in [2.45, 2.75) is 38.1 Å². The summed E-state index contributed by atoms with van der Waals surface area (Å²) < 4.78 is 0. The maximum Gasteiger partial charge on any atom is 0.220 e. The van der Waals surface area contributed by atoms with Gasteiger partial charge in [0.05, 0.1) is 10.0 Å². The lowest BCUT2D eigenvalue weighted by molar-refractivity contribution is -0.119. The first-order chi connectivity index (χ1) is 8.47. The maximum atomic E-state index is 11.4. The van der Waals surface area contributed by atoms with E-state index in [0.717, 1.165) is 18.4 Å². The maximum absolute atomic E-state index is 11.4. The van der Waals surface area contributed by atoms with Gasteiger partial charge < -0.3 is 5.32 Å². The lowest BCUT2D eigenvalue weighted by Crippen LogP contribution is -2.43. The summed E-state index contributed by atoms with van der Waals surface area (Å²) in [7, 11) is 0. The number of rotatable bonds is 3. The number of carbonyl (C=O) groups excluding carboxylic acids is 1. The Morgan fingerprint density at radius 2 is 1.94 bits per heavy atom. The fourth-order valence-electron chi connectivity index (χ4n) is 2.37. The molecule has 1 aromatic rings. The van der Waals surface area contributed by atoms with E-state index in [1.54, 1.807) is 12.1 Å². The van der Waals surface area contributed by atoms with Gasteiger partial charge >= 0.3 is 0 Å². The van der Waals surface area contributed by atoms with E-state index in [1.165, 1.54) is 0 Å². The van der Waals surface area contributed by atoms with E-state index in [-0.39, 0.29) is 11.4 Å². The molecule has 1 fully saturated rings. The predicted octanol–water partition coefficient (Wildman–Crippen LogP) is 4.25. The molecule has 0 bridgehead atoms. The van der Waals surface area contributed by atoms with Gasteiger partial charge in [-0.2, -0.15) is 0 Å². The van der Waals surface area contributed by atoms with E-state index in [9.17, 15) is 4.79 Å². The lowest BCUT2D eigenvalue weighted by Gasteiger charge is -2.28. The topological polar surface area (TPSA) is 29.1 Å². The first-order valence-electron chi connectivity index (χ1n) is 5.91. The highest BCUT2D eigenvalue weighted by atomic mass is 35.5. The fourth-order valence-corrected chi connectivity index (χ4v) is 3.05. The number of amides is 1. The fraction of sp³-hybridized carbons (Fsp3) is 0.462. The molecule has 1 aromatic carbocycles. The summed E-state index contributed by atoms with van der Waals surface area (Å²) in [5.41, 5.74) is 0.574. The molecule has 18 heavy (non-hydrogen) atoms. The Kier molecular flexibility index (Phi) is 4.10. The molecule has 1 atom stereocenters. The van der Waals surface area contributed by atoms with Crippen LogP contribution in [0.1, 0.15) is 31.7 Å². The van der Waals surface area contributed by atoms with Gasteiger partial charge in [-0.25, -0.2) is 0 Å². The SMILES string of the molecule is CCC1(Cc2c(Cl)ccc(Cl)c2Cl)CCC(=O)N1. The summed E-state index contributed by atoms with van der Waals surface area (Å²) in [5.74, 6) is 0.0890. The van der Waals surface area contributed by atoms with Gasteiger partial charge in [0.25, 0.3) is 0 Å². The van der Waals surface area contributed by atoms with Gasteiger partial charge in [0.2, 0.25) is 5.91 Å². The molecule has 98 valence electrons. The van der Waals surface area contributed by atoms with Crippen molar-refractivity contribution in [2.75, 3.05) is 0 Å². The number of carbonyl (C=O) groups is 1. The van der Waals surface area contributed by atoms with E-state index in [0.29, 0.717) is 27.9 Å². The zero-order valence-electron chi connectivity index (χ0n) is 10.0. The van der Waals surface area contributed by atoms with Crippen molar-refractivity contribution in [3.63, 3.8) is 0 Å². The number of benzene rings is 1. The van der Waals surface area contributed by atoms with Crippen LogP contribution in [0, 0.1) is 0 Å². The summed E-state index contributed by atoms with van der Waals surface area (Å²) in [6, 6.07) is 3.42. The van der Waals surface area contributed by atoms with Crippen LogP contribution in [0.4, 0.5) is 0 Å². The smallest absolute Gasteiger partial charge is 0.220 e. The average molecular weight is 307 g/mol. The predicted molar refractivity (Wildman–Crippen MR) is 75.6 cm³/mol. The van der Waals surface area contributed by atoms with Gasteiger partial charge in [0, 0.05) is 17.0 Å². The number of hydrogen-bond donors (Lipinski definition) is 1. The Labute approximate surface area is 122 Å². The summed E-state index contributed by atoms with van der Waals surface area (Å²) in [6.07, 6.45) is 2.83. The minimum Gasteiger partial charge on any atom is -0.350 e. The molecule has 1 N–H and O–H groups in total. The van der Waals surface area contributed by atoms with E-state index in [2.05, 4.69) is 12.2 Å². The van der Waals surface area contributed by atoms with Crippen molar-refractivity contribution in [1.82, 2.24) is 5.32 Å². The van der Waals surface area contributed by atoms with E-state index in [1.807, 2.05) is 0 Å². The Morgan fingerprint density at radius 1 is 1.28 bits per heavy atom. The number of halogens is 3. The van der Waals surface area contributed by atoms with Crippen molar-refractivity contribution in [3.05, 3.63) is 32.8 Å². The van der Waals surface area contributed by atoms with Gasteiger partial charge in [0.1, 0.15) is 0 Å². The first-order valence-corrected chi connectivity index (χ1v) is 7.04. The molecule has 2 nitrogen and oxygen atoms in total. The van der Waals surface area contributed by atoms with Gasteiger partial charge in [-0.3, -0.25) is 4.79 Å². The van der Waals surface area contributed by atoms with Crippen LogP contribution in [0.25, 0.3) is 0 Å². The molecular formula is C13H14Cl3NO. The molecule has 5 heteroatoms. The second-order valence-corrected chi connectivity index (χ2v) is 5.87. The molecule has 2 rings (SSSR count). The first kappa shape index (κ1) is 14.0. The summed E-state index contributed by atoms with van der Waals surface area (Å²) >= 11 is 18.4. The molecule has 0 spiro atoms. The van der Waals surface area contributed by atoms with Crippen molar-refractivity contribution in [2.24, 2.45) is 0 Å². The van der Waals surface area contributed by atoms with Gasteiger partial charge in [-0.15, -0.1) is 0 Å². The molecule has 1 saturated heterocycles. The third-order valence-electron chi connectivity index (χ3n) is 3.57. The van der Waals surface area contributed by atoms with Gasteiger partial charge in [0.15, 0.2) is 0 Å². The van der Waals surface area contributed by atoms with Crippen LogP contribution in [-0.4, -0.2) is 11.4 Å². The van der Waals surface area contributed by atoms with Crippen molar-refractivity contribution in [3.8, 4) is 0 Å². The second kappa shape index (κ2) is 5.28. The minimum absolute atomic E-state index is 0.0890. The molecule has 1 heterocycles. The van der Waals surface area contributed by atoms with Gasteiger partial charge in [-0.05, 0) is 37.0 Å². The van der Waals surface area contributed by atoms with Gasteiger partial charge in [-0.1, -0.05) is 41.7 Å². The lowest BCUT2D eigenvalue weighted by atomic mass is 9.87. The molecule has 1 amide bonds. The van der Waals surface area contributed by atoms with Crippen molar-refractivity contribution >= 4 is 40.7 Å². The second-order valence-electron chi connectivity index (χ2n) is 4.68. The third kappa shape index (κ3) is 2.61. The molecule has 0 aliphatic carbocycles. The highest BCUT2D eigenvalue weighted by molar-refractivity contribution is 6.44. The standard InChI is InChI=1S/C13H14Cl3NO/c1-2-13(6-5-11(18)17-13)7-8-9(14)3-4-10(15)12(8)16/h3-4H,2,5-7H2,1H3,(H,17,18). The average Bonchev–Trinajstić information content (AvgIpc) is 2.72. The van der Waals surface area contributed by atoms with Crippen LogP contribution in [0.2, 0.25) is 15.1 Å². The third-order valence-corrected chi connectivity index (χ3v) is 4.76. The summed E-state index contributed by atoms with van der Waals surface area (Å²) in [6.45, 7) is 2.05. The van der Waals surface area contributed by atoms with Crippen LogP contribution in [0.3, 0.4) is 0 Å². The van der Waals surface area contributed by atoms with E-state index in [4.69, 9.17) is 34.8 Å². The van der Waals surface area contributed by atoms with Crippen LogP contribution >= 0.6 is 34.8 Å². The van der Waals surface area contributed by atoms with Crippen LogP contribution in [0.15, 0.2) is 12.1 Å². The van der Waals surface area contributed by atoms with Crippen molar-refractivity contribution in [1.29, 1.82) is 0 Å². The molecule has 1 unspecified atom stereocenters.